The fourth-order valence-electron chi connectivity index (χ4n) is 6.78. The zero-order valence-corrected chi connectivity index (χ0v) is 28.8. The van der Waals surface area contributed by atoms with Gasteiger partial charge in [-0.2, -0.15) is 0 Å². The molecule has 49 heavy (non-hydrogen) atoms. The van der Waals surface area contributed by atoms with Gasteiger partial charge in [0.25, 0.3) is 0 Å². The van der Waals surface area contributed by atoms with Crippen LogP contribution in [0.1, 0.15) is 44.5 Å². The lowest BCUT2D eigenvalue weighted by molar-refractivity contribution is 0.590. The van der Waals surface area contributed by atoms with E-state index in [9.17, 15) is 0 Å². The molecule has 0 atom stereocenters. The Morgan fingerprint density at radius 2 is 1.10 bits per heavy atom. The maximum Gasteiger partial charge on any atom is 0.0541 e. The molecule has 2 nitrogen and oxygen atoms in total. The Labute approximate surface area is 290 Å². The summed E-state index contributed by atoms with van der Waals surface area (Å²) >= 11 is 0. The van der Waals surface area contributed by atoms with Gasteiger partial charge in [0.05, 0.1) is 16.9 Å². The first-order valence-electron chi connectivity index (χ1n) is 17.0. The van der Waals surface area contributed by atoms with E-state index in [0.717, 1.165) is 34.0 Å². The zero-order chi connectivity index (χ0) is 34.0. The average Bonchev–Trinajstić information content (AvgIpc) is 3.45. The first-order valence-corrected chi connectivity index (χ1v) is 17.0. The summed E-state index contributed by atoms with van der Waals surface area (Å²) in [5.41, 5.74) is 14.0. The molecule has 0 unspecified atom stereocenters. The van der Waals surface area contributed by atoms with Crippen LogP contribution < -0.4 is 4.90 Å². The molecule has 0 aliphatic rings. The average molecular weight is 635 g/mol. The number of nitrogens with zero attached hydrogens (tertiary/aromatic N) is 2. The van der Waals surface area contributed by atoms with Gasteiger partial charge in [-0.15, -0.1) is 0 Å². The quantitative estimate of drug-likeness (QED) is 0.161. The van der Waals surface area contributed by atoms with E-state index in [0.29, 0.717) is 0 Å². The van der Waals surface area contributed by atoms with Crippen LogP contribution >= 0.6 is 0 Å². The number of aromatic nitrogens is 1. The molecule has 0 spiro atoms. The van der Waals surface area contributed by atoms with E-state index in [4.69, 9.17) is 0 Å². The highest BCUT2D eigenvalue weighted by molar-refractivity contribution is 5.96. The fraction of sp³-hybridized carbons (Fsp3) is 0.106. The van der Waals surface area contributed by atoms with Gasteiger partial charge in [-0.3, -0.25) is 0 Å². The smallest absolute Gasteiger partial charge is 0.0541 e. The number of hydrogen-bond acceptors (Lipinski definition) is 1. The molecule has 0 N–H and O–H groups in total. The molecule has 240 valence electrons. The second-order valence-electron chi connectivity index (χ2n) is 13.5. The Morgan fingerprint density at radius 3 is 1.71 bits per heavy atom. The van der Waals surface area contributed by atoms with Gasteiger partial charge in [-0.05, 0) is 89.2 Å². The van der Waals surface area contributed by atoms with Crippen LogP contribution in [0, 0.1) is 0 Å². The summed E-state index contributed by atoms with van der Waals surface area (Å²) < 4.78 is 2.35. The van der Waals surface area contributed by atoms with Crippen molar-refractivity contribution in [1.82, 2.24) is 4.57 Å². The van der Waals surface area contributed by atoms with Crippen LogP contribution in [0.4, 0.5) is 17.1 Å². The summed E-state index contributed by atoms with van der Waals surface area (Å²) in [6.45, 7) is 13.1. The maximum absolute atomic E-state index is 4.23. The molecule has 6 aromatic carbocycles. The number of anilines is 3. The summed E-state index contributed by atoms with van der Waals surface area (Å²) in [4.78, 5) is 2.34. The highest BCUT2D eigenvalue weighted by atomic mass is 15.1. The molecular weight excluding hydrogens is 593 g/mol. The third-order valence-corrected chi connectivity index (χ3v) is 9.28. The van der Waals surface area contributed by atoms with Crippen molar-refractivity contribution in [2.24, 2.45) is 0 Å². The van der Waals surface area contributed by atoms with Crippen molar-refractivity contribution >= 4 is 40.1 Å². The van der Waals surface area contributed by atoms with Crippen LogP contribution in [0.5, 0.6) is 0 Å². The highest BCUT2D eigenvalue weighted by Crippen LogP contribution is 2.40. The Morgan fingerprint density at radius 1 is 0.571 bits per heavy atom. The Hall–Kier alpha value is -5.86. The van der Waals surface area contributed by atoms with Crippen LogP contribution in [-0.4, -0.2) is 4.57 Å². The van der Waals surface area contributed by atoms with Crippen molar-refractivity contribution in [3.8, 4) is 27.9 Å². The predicted molar refractivity (Wildman–Crippen MR) is 212 cm³/mol. The van der Waals surface area contributed by atoms with Crippen LogP contribution in [-0.2, 0) is 5.41 Å². The van der Waals surface area contributed by atoms with Crippen molar-refractivity contribution in [1.29, 1.82) is 0 Å². The number of allylic oxidation sites excluding steroid dienone is 1. The highest BCUT2D eigenvalue weighted by Gasteiger charge is 2.19. The van der Waals surface area contributed by atoms with Gasteiger partial charge < -0.3 is 9.47 Å². The maximum atomic E-state index is 4.23. The van der Waals surface area contributed by atoms with Crippen LogP contribution in [0.25, 0.3) is 51.0 Å². The number of para-hydroxylation sites is 2. The summed E-state index contributed by atoms with van der Waals surface area (Å²) in [5.74, 6) is 0. The van der Waals surface area contributed by atoms with Gasteiger partial charge in [0.1, 0.15) is 0 Å². The zero-order valence-electron chi connectivity index (χ0n) is 28.8. The van der Waals surface area contributed by atoms with Gasteiger partial charge in [0, 0.05) is 33.6 Å². The fourth-order valence-corrected chi connectivity index (χ4v) is 6.78. The molecule has 0 fully saturated rings. The minimum absolute atomic E-state index is 0.0832. The van der Waals surface area contributed by atoms with Crippen molar-refractivity contribution < 1.29 is 0 Å². The van der Waals surface area contributed by atoms with E-state index < -0.39 is 0 Å². The van der Waals surface area contributed by atoms with Crippen LogP contribution in [0.15, 0.2) is 164 Å². The molecule has 2 heteroatoms. The minimum Gasteiger partial charge on any atom is -0.311 e. The van der Waals surface area contributed by atoms with Crippen molar-refractivity contribution in [2.75, 3.05) is 4.90 Å². The molecule has 0 saturated heterocycles. The Bertz CT molecular complexity index is 2240. The van der Waals surface area contributed by atoms with E-state index >= 15 is 0 Å². The van der Waals surface area contributed by atoms with Crippen LogP contribution in [0.2, 0.25) is 0 Å². The minimum atomic E-state index is 0.0832. The lowest BCUT2D eigenvalue weighted by atomic mass is 9.87. The van der Waals surface area contributed by atoms with E-state index in [1.54, 1.807) is 0 Å². The third-order valence-electron chi connectivity index (χ3n) is 9.28. The Balaban J connectivity index is 1.32. The van der Waals surface area contributed by atoms with Crippen LogP contribution in [0.3, 0.4) is 0 Å². The molecule has 1 heterocycles. The molecule has 0 amide bonds. The van der Waals surface area contributed by atoms with Crippen molar-refractivity contribution in [3.63, 3.8) is 0 Å². The number of benzene rings is 6. The summed E-state index contributed by atoms with van der Waals surface area (Å²) in [5, 5.41) is 1.21. The largest absolute Gasteiger partial charge is 0.311 e. The van der Waals surface area contributed by atoms with Crippen molar-refractivity contribution in [3.05, 3.63) is 181 Å². The number of hydrogen-bond donors (Lipinski definition) is 0. The molecule has 1 aromatic heterocycles. The molecule has 0 aliphatic heterocycles. The SMILES string of the molecule is C=Cc1c(/C=C\C)c2ccccc2n1-c1ccccc1-c1ccc(N(c2ccc(-c3ccccc3)cc2)c2ccc(C(C)(C)C)cc2)cc1. The topological polar surface area (TPSA) is 8.17 Å². The van der Waals surface area contributed by atoms with Gasteiger partial charge >= 0.3 is 0 Å². The van der Waals surface area contributed by atoms with Crippen molar-refractivity contribution in [2.45, 2.75) is 33.1 Å². The summed E-state index contributed by atoms with van der Waals surface area (Å²) in [6, 6.07) is 54.6. The standard InChI is InChI=1S/C47H42N2/c1-6-15-42-43-19-12-14-21-46(43)49(44(42)7-2)45-20-13-11-18-41(45)36-24-30-39(31-25-36)48(40-32-26-37(27-33-40)47(3,4)5)38-28-22-35(23-29-38)34-16-9-8-10-17-34/h6-33H,2H2,1,3-5H3/b15-6-. The summed E-state index contributed by atoms with van der Waals surface area (Å²) in [7, 11) is 0. The lowest BCUT2D eigenvalue weighted by Crippen LogP contribution is -2.13. The van der Waals surface area contributed by atoms with E-state index in [1.165, 1.54) is 38.7 Å². The molecule has 0 radical (unpaired) electrons. The first-order chi connectivity index (χ1) is 23.9. The monoisotopic (exact) mass is 634 g/mol. The van der Waals surface area contributed by atoms with E-state index in [2.05, 4.69) is 208 Å². The van der Waals surface area contributed by atoms with E-state index in [1.807, 2.05) is 6.08 Å². The molecule has 0 saturated carbocycles. The lowest BCUT2D eigenvalue weighted by Gasteiger charge is -2.27. The normalized spacial score (nSPS) is 11.7. The van der Waals surface area contributed by atoms with Gasteiger partial charge in [0.2, 0.25) is 0 Å². The van der Waals surface area contributed by atoms with E-state index in [-0.39, 0.29) is 5.41 Å². The third kappa shape index (κ3) is 6.14. The summed E-state index contributed by atoms with van der Waals surface area (Å²) in [6.07, 6.45) is 6.25. The second kappa shape index (κ2) is 13.3. The predicted octanol–water partition coefficient (Wildman–Crippen LogP) is 13.4. The molecule has 7 aromatic rings. The molecule has 7 rings (SSSR count). The Kier molecular flexibility index (Phi) is 8.63. The first kappa shape index (κ1) is 31.7. The molecule has 0 aliphatic carbocycles. The number of fused-ring (bicyclic) bond motifs is 1. The second-order valence-corrected chi connectivity index (χ2v) is 13.5. The van der Waals surface area contributed by atoms with Gasteiger partial charge in [-0.25, -0.2) is 0 Å². The number of rotatable bonds is 8. The molecular formula is C47H42N2. The molecule has 0 bridgehead atoms. The van der Waals surface area contributed by atoms with Gasteiger partial charge in [0.15, 0.2) is 0 Å². The van der Waals surface area contributed by atoms with Gasteiger partial charge in [-0.1, -0.05) is 143 Å².